The number of anilines is 1. The van der Waals surface area contributed by atoms with Gasteiger partial charge in [0, 0.05) is 42.5 Å². The Balaban J connectivity index is 1.63. The van der Waals surface area contributed by atoms with E-state index in [9.17, 15) is 9.00 Å². The van der Waals surface area contributed by atoms with Gasteiger partial charge < -0.3 is 9.30 Å². The number of nitrogens with zero attached hydrogens (tertiary/aromatic N) is 6. The Bertz CT molecular complexity index is 1650. The summed E-state index contributed by atoms with van der Waals surface area (Å²) < 4.78 is 27.4. The summed E-state index contributed by atoms with van der Waals surface area (Å²) in [4.78, 5) is 23.6. The van der Waals surface area contributed by atoms with Crippen LogP contribution in [0.2, 0.25) is 0 Å². The van der Waals surface area contributed by atoms with Crippen molar-refractivity contribution in [3.05, 3.63) is 47.8 Å². The first-order valence-electron chi connectivity index (χ1n) is 12.8. The monoisotopic (exact) mass is 535 g/mol. The minimum absolute atomic E-state index is 0.266. The number of pyridine rings is 1. The van der Waals surface area contributed by atoms with Crippen molar-refractivity contribution in [3.8, 4) is 17.1 Å². The van der Waals surface area contributed by atoms with Crippen molar-refractivity contribution in [3.63, 3.8) is 0 Å². The molecule has 1 aromatic carbocycles. The minimum atomic E-state index is -2.52. The zero-order valence-electron chi connectivity index (χ0n) is 22.4. The molecule has 38 heavy (non-hydrogen) atoms. The second-order valence-corrected chi connectivity index (χ2v) is 12.4. The van der Waals surface area contributed by atoms with Crippen LogP contribution in [0.1, 0.15) is 42.7 Å². The molecule has 1 aliphatic heterocycles. The Morgan fingerprint density at radius 3 is 2.82 bits per heavy atom. The van der Waals surface area contributed by atoms with Gasteiger partial charge in [0.05, 0.1) is 44.8 Å². The molecule has 1 N–H and O–H groups in total. The number of rotatable bonds is 2. The third kappa shape index (κ3) is 4.78. The fourth-order valence-corrected chi connectivity index (χ4v) is 6.25. The summed E-state index contributed by atoms with van der Waals surface area (Å²) in [6.07, 6.45) is 3.46. The molecular weight excluding hydrogens is 502 g/mol. The molecule has 1 aliphatic rings. The van der Waals surface area contributed by atoms with Crippen LogP contribution < -0.4 is 10.1 Å². The molecule has 0 spiro atoms. The van der Waals surface area contributed by atoms with E-state index in [1.165, 1.54) is 0 Å². The molecule has 0 fully saturated rings. The molecule has 5 rings (SSSR count). The number of fused-ring (bicyclic) bond motifs is 7. The number of hydrogen-bond acceptors (Lipinski definition) is 7. The van der Waals surface area contributed by atoms with Gasteiger partial charge in [-0.3, -0.25) is 15.1 Å². The van der Waals surface area contributed by atoms with E-state index in [0.29, 0.717) is 52.6 Å². The highest BCUT2D eigenvalue weighted by atomic mass is 32.2. The van der Waals surface area contributed by atoms with E-state index in [0.717, 1.165) is 29.4 Å². The van der Waals surface area contributed by atoms with Gasteiger partial charge in [0.15, 0.2) is 0 Å². The van der Waals surface area contributed by atoms with Crippen molar-refractivity contribution in [1.29, 1.82) is 0 Å². The van der Waals surface area contributed by atoms with E-state index >= 15 is 0 Å². The van der Waals surface area contributed by atoms with E-state index in [4.69, 9.17) is 9.72 Å². The second kappa shape index (κ2) is 10.2. The molecule has 0 aliphatic carbocycles. The molecule has 2 bridgehead atoms. The summed E-state index contributed by atoms with van der Waals surface area (Å²) in [5, 5.41) is 7.39. The topological polar surface area (TPSA) is 116 Å². The molecule has 10 nitrogen and oxygen atoms in total. The average Bonchev–Trinajstić information content (AvgIpc) is 3.44. The first-order chi connectivity index (χ1) is 18.2. The van der Waals surface area contributed by atoms with Crippen molar-refractivity contribution in [2.45, 2.75) is 45.1 Å². The average molecular weight is 536 g/mol. The van der Waals surface area contributed by atoms with Gasteiger partial charge in [0.1, 0.15) is 0 Å². The van der Waals surface area contributed by atoms with Crippen LogP contribution in [-0.4, -0.2) is 53.8 Å². The lowest BCUT2D eigenvalue weighted by atomic mass is 10.1. The SMILES string of the molecule is CCS(=O)(=NC)c1ccc2nc3n(c2c1)C[C@H](C)CCCOc1c(cnn1C)-c1cc(cc(C)n1)C(=O)N3. The van der Waals surface area contributed by atoms with Gasteiger partial charge in [-0.15, -0.1) is 0 Å². The zero-order chi connectivity index (χ0) is 27.0. The van der Waals surface area contributed by atoms with Crippen LogP contribution in [0.3, 0.4) is 0 Å². The molecule has 3 aromatic heterocycles. The van der Waals surface area contributed by atoms with Crippen LogP contribution in [0.4, 0.5) is 5.95 Å². The second-order valence-electron chi connectivity index (χ2n) is 9.73. The first kappa shape index (κ1) is 25.9. The van der Waals surface area contributed by atoms with Crippen LogP contribution in [0, 0.1) is 12.8 Å². The fraction of sp³-hybridized carbons (Fsp3) is 0.407. The normalized spacial score (nSPS) is 17.8. The van der Waals surface area contributed by atoms with Crippen molar-refractivity contribution in [2.75, 3.05) is 24.7 Å². The molecular formula is C27H33N7O3S. The highest BCUT2D eigenvalue weighted by molar-refractivity contribution is 7.93. The molecule has 2 atom stereocenters. The molecule has 1 amide bonds. The molecule has 0 saturated heterocycles. The number of aromatic nitrogens is 5. The van der Waals surface area contributed by atoms with Crippen molar-refractivity contribution < 1.29 is 13.7 Å². The molecule has 4 aromatic rings. The number of nitrogens with one attached hydrogen (secondary N) is 1. The lowest BCUT2D eigenvalue weighted by Gasteiger charge is -2.16. The molecule has 4 heterocycles. The summed E-state index contributed by atoms with van der Waals surface area (Å²) in [5.41, 5.74) is 4.08. The van der Waals surface area contributed by atoms with Crippen LogP contribution in [0.5, 0.6) is 5.88 Å². The zero-order valence-corrected chi connectivity index (χ0v) is 23.2. The summed E-state index contributed by atoms with van der Waals surface area (Å²) in [6, 6.07) is 9.08. The van der Waals surface area contributed by atoms with Crippen molar-refractivity contribution >= 4 is 32.6 Å². The van der Waals surface area contributed by atoms with Crippen molar-refractivity contribution in [1.82, 2.24) is 24.3 Å². The van der Waals surface area contributed by atoms with Crippen LogP contribution >= 0.6 is 0 Å². The predicted molar refractivity (Wildman–Crippen MR) is 148 cm³/mol. The quantitative estimate of drug-likeness (QED) is 0.398. The summed E-state index contributed by atoms with van der Waals surface area (Å²) in [5.74, 6) is 1.48. The predicted octanol–water partition coefficient (Wildman–Crippen LogP) is 4.68. The number of aryl methyl sites for hydroxylation is 2. The van der Waals surface area contributed by atoms with Gasteiger partial charge >= 0.3 is 0 Å². The van der Waals surface area contributed by atoms with Gasteiger partial charge in [-0.2, -0.15) is 5.10 Å². The van der Waals surface area contributed by atoms with Gasteiger partial charge in [0.25, 0.3) is 5.91 Å². The molecule has 11 heteroatoms. The lowest BCUT2D eigenvalue weighted by molar-refractivity contribution is 0.102. The van der Waals surface area contributed by atoms with Crippen LogP contribution in [-0.2, 0) is 23.3 Å². The number of benzene rings is 1. The van der Waals surface area contributed by atoms with Gasteiger partial charge in [-0.1, -0.05) is 13.8 Å². The maximum Gasteiger partial charge on any atom is 0.258 e. The van der Waals surface area contributed by atoms with E-state index in [1.54, 1.807) is 30.1 Å². The number of carbonyl (C=O) groups excluding carboxylic acids is 1. The molecule has 0 saturated carbocycles. The van der Waals surface area contributed by atoms with E-state index in [1.807, 2.05) is 43.7 Å². The van der Waals surface area contributed by atoms with E-state index in [-0.39, 0.29) is 11.8 Å². The Morgan fingerprint density at radius 1 is 1.24 bits per heavy atom. The summed E-state index contributed by atoms with van der Waals surface area (Å²) >= 11 is 0. The highest BCUT2D eigenvalue weighted by Gasteiger charge is 2.21. The third-order valence-corrected chi connectivity index (χ3v) is 9.31. The van der Waals surface area contributed by atoms with E-state index in [2.05, 4.69) is 26.7 Å². The fourth-order valence-electron chi connectivity index (χ4n) is 4.87. The Kier molecular flexibility index (Phi) is 6.95. The molecule has 0 radical (unpaired) electrons. The van der Waals surface area contributed by atoms with Crippen LogP contribution in [0.15, 0.2) is 45.8 Å². The number of hydrogen-bond donors (Lipinski definition) is 1. The summed E-state index contributed by atoms with van der Waals surface area (Å²) in [6.45, 7) is 7.06. The summed E-state index contributed by atoms with van der Waals surface area (Å²) in [7, 11) is 0.910. The molecule has 1 unspecified atom stereocenters. The van der Waals surface area contributed by atoms with Crippen LogP contribution in [0.25, 0.3) is 22.3 Å². The maximum atomic E-state index is 13.5. The van der Waals surface area contributed by atoms with Crippen molar-refractivity contribution in [2.24, 2.45) is 17.3 Å². The number of amides is 1. The van der Waals surface area contributed by atoms with Gasteiger partial charge in [-0.05, 0) is 56.0 Å². The minimum Gasteiger partial charge on any atom is -0.477 e. The standard InChI is InChI=1S/C27H33N7O3S/c1-6-38(36,28-4)20-9-10-22-24(14-20)34-16-17(2)8-7-11-37-26-21(15-29-33(26)5)23-13-19(12-18(3)30-23)25(35)32-27(34)31-22/h9-10,12-15,17H,6-8,11,16H2,1-5H3,(H,31,32,35)/t17-,38?/m1/s1. The highest BCUT2D eigenvalue weighted by Crippen LogP contribution is 2.31. The number of ether oxygens (including phenoxy) is 1. The van der Waals surface area contributed by atoms with E-state index < -0.39 is 9.73 Å². The smallest absolute Gasteiger partial charge is 0.258 e. The molecule has 200 valence electrons. The largest absolute Gasteiger partial charge is 0.477 e. The Labute approximate surface area is 222 Å². The maximum absolute atomic E-state index is 13.5. The third-order valence-electron chi connectivity index (χ3n) is 6.95. The lowest BCUT2D eigenvalue weighted by Crippen LogP contribution is -2.18. The van der Waals surface area contributed by atoms with Gasteiger partial charge in [0.2, 0.25) is 11.8 Å². The number of carbonyl (C=O) groups is 1. The Morgan fingerprint density at radius 2 is 2.05 bits per heavy atom. The first-order valence-corrected chi connectivity index (χ1v) is 14.5. The van der Waals surface area contributed by atoms with Gasteiger partial charge in [-0.25, -0.2) is 18.2 Å². The number of imidazole rings is 1. The Hall–Kier alpha value is -3.73.